The predicted octanol–water partition coefficient (Wildman–Crippen LogP) is 2.45. The van der Waals surface area contributed by atoms with Gasteiger partial charge in [-0.05, 0) is 53.4 Å². The van der Waals surface area contributed by atoms with Gasteiger partial charge >= 0.3 is 0 Å². The highest BCUT2D eigenvalue weighted by molar-refractivity contribution is 9.10. The van der Waals surface area contributed by atoms with Crippen LogP contribution in [0, 0.1) is 5.82 Å². The fourth-order valence-electron chi connectivity index (χ4n) is 2.14. The summed E-state index contributed by atoms with van der Waals surface area (Å²) >= 11 is 3.06. The molecule has 1 heterocycles. The molecule has 0 unspecified atom stereocenters. The summed E-state index contributed by atoms with van der Waals surface area (Å²) in [4.78, 5) is 0.0224. The summed E-state index contributed by atoms with van der Waals surface area (Å²) in [5.74, 6) is -0.492. The third-order valence-corrected chi connectivity index (χ3v) is 5.71. The van der Waals surface area contributed by atoms with Crippen LogP contribution in [0.15, 0.2) is 27.6 Å². The lowest BCUT2D eigenvalue weighted by atomic mass is 10.2. The van der Waals surface area contributed by atoms with Gasteiger partial charge in [-0.25, -0.2) is 17.5 Å². The van der Waals surface area contributed by atoms with Gasteiger partial charge in [-0.1, -0.05) is 0 Å². The Morgan fingerprint density at radius 3 is 2.95 bits per heavy atom. The standard InChI is InChI=1S/C14H19BrFNO4S/c15-13-9-11(16)4-5-14(13)22(18,19)17-6-2-7-20-10-12-3-1-8-21-12/h4-5,9,12,17H,1-3,6-8,10H2/t12-/m1/s1. The summed E-state index contributed by atoms with van der Waals surface area (Å²) in [7, 11) is -3.65. The maximum absolute atomic E-state index is 13.0. The van der Waals surface area contributed by atoms with Crippen LogP contribution in [-0.2, 0) is 19.5 Å². The zero-order valence-electron chi connectivity index (χ0n) is 12.1. The highest BCUT2D eigenvalue weighted by Crippen LogP contribution is 2.22. The fourth-order valence-corrected chi connectivity index (χ4v) is 4.26. The highest BCUT2D eigenvalue weighted by Gasteiger charge is 2.18. The zero-order chi connectivity index (χ0) is 16.0. The van der Waals surface area contributed by atoms with Crippen molar-refractivity contribution < 1.29 is 22.3 Å². The monoisotopic (exact) mass is 395 g/mol. The van der Waals surface area contributed by atoms with Crippen molar-refractivity contribution >= 4 is 26.0 Å². The van der Waals surface area contributed by atoms with E-state index in [1.807, 2.05) is 0 Å². The number of benzene rings is 1. The lowest BCUT2D eigenvalue weighted by molar-refractivity contribution is 0.0169. The summed E-state index contributed by atoms with van der Waals surface area (Å²) < 4.78 is 50.7. The van der Waals surface area contributed by atoms with Crippen LogP contribution in [0.4, 0.5) is 4.39 Å². The van der Waals surface area contributed by atoms with Crippen LogP contribution in [0.1, 0.15) is 19.3 Å². The highest BCUT2D eigenvalue weighted by atomic mass is 79.9. The van der Waals surface area contributed by atoms with Gasteiger partial charge in [0.2, 0.25) is 10.0 Å². The normalized spacial score (nSPS) is 18.7. The lowest BCUT2D eigenvalue weighted by Gasteiger charge is -2.11. The molecule has 1 N–H and O–H groups in total. The molecule has 0 spiro atoms. The van der Waals surface area contributed by atoms with Gasteiger partial charge in [-0.2, -0.15) is 0 Å². The molecule has 5 nitrogen and oxygen atoms in total. The van der Waals surface area contributed by atoms with E-state index in [9.17, 15) is 12.8 Å². The van der Waals surface area contributed by atoms with Crippen LogP contribution < -0.4 is 4.72 Å². The number of sulfonamides is 1. The van der Waals surface area contributed by atoms with Crippen LogP contribution in [0.25, 0.3) is 0 Å². The van der Waals surface area contributed by atoms with Crippen LogP contribution in [0.2, 0.25) is 0 Å². The molecule has 0 bridgehead atoms. The van der Waals surface area contributed by atoms with Crippen LogP contribution in [-0.4, -0.2) is 40.9 Å². The van der Waals surface area contributed by atoms with Crippen molar-refractivity contribution in [1.82, 2.24) is 4.72 Å². The first kappa shape index (κ1) is 17.8. The number of halogens is 2. The van der Waals surface area contributed by atoms with Crippen molar-refractivity contribution in [1.29, 1.82) is 0 Å². The molecule has 1 aromatic carbocycles. The molecule has 2 rings (SSSR count). The second-order valence-electron chi connectivity index (χ2n) is 5.04. The number of hydrogen-bond acceptors (Lipinski definition) is 4. The first-order valence-corrected chi connectivity index (χ1v) is 9.41. The first-order valence-electron chi connectivity index (χ1n) is 7.13. The van der Waals surface area contributed by atoms with Crippen LogP contribution in [0.3, 0.4) is 0 Å². The second kappa shape index (κ2) is 8.35. The topological polar surface area (TPSA) is 64.6 Å². The van der Waals surface area contributed by atoms with E-state index < -0.39 is 15.8 Å². The molecule has 1 saturated heterocycles. The second-order valence-corrected chi connectivity index (χ2v) is 7.63. The van der Waals surface area contributed by atoms with Crippen LogP contribution in [0.5, 0.6) is 0 Å². The third-order valence-electron chi connectivity index (χ3n) is 3.27. The van der Waals surface area contributed by atoms with Crippen molar-refractivity contribution in [3.8, 4) is 0 Å². The molecule has 22 heavy (non-hydrogen) atoms. The van der Waals surface area contributed by atoms with Crippen molar-refractivity contribution in [2.75, 3.05) is 26.4 Å². The molecule has 1 fully saturated rings. The Hall–Kier alpha value is -0.540. The molecule has 1 aromatic rings. The van der Waals surface area contributed by atoms with Crippen LogP contribution >= 0.6 is 15.9 Å². The van der Waals surface area contributed by atoms with E-state index >= 15 is 0 Å². The third kappa shape index (κ3) is 5.27. The van der Waals surface area contributed by atoms with Crippen molar-refractivity contribution in [3.05, 3.63) is 28.5 Å². The average molecular weight is 396 g/mol. The van der Waals surface area contributed by atoms with Gasteiger partial charge in [0.15, 0.2) is 0 Å². The van der Waals surface area contributed by atoms with Crippen molar-refractivity contribution in [2.45, 2.75) is 30.3 Å². The van der Waals surface area contributed by atoms with E-state index in [1.54, 1.807) is 0 Å². The van der Waals surface area contributed by atoms with Gasteiger partial charge in [0.25, 0.3) is 0 Å². The van der Waals surface area contributed by atoms with Crippen molar-refractivity contribution in [2.24, 2.45) is 0 Å². The Morgan fingerprint density at radius 2 is 2.27 bits per heavy atom. The van der Waals surface area contributed by atoms with Gasteiger partial charge in [0.1, 0.15) is 5.82 Å². The minimum absolute atomic E-state index is 0.0224. The summed E-state index contributed by atoms with van der Waals surface area (Å²) in [5, 5.41) is 0. The molecule has 1 aliphatic heterocycles. The number of ether oxygens (including phenoxy) is 2. The SMILES string of the molecule is O=S(=O)(NCCCOC[C@H]1CCCO1)c1ccc(F)cc1Br. The molecule has 0 saturated carbocycles. The van der Waals surface area contributed by atoms with Gasteiger partial charge in [0.05, 0.1) is 17.6 Å². The van der Waals surface area contributed by atoms with Crippen molar-refractivity contribution in [3.63, 3.8) is 0 Å². The lowest BCUT2D eigenvalue weighted by Crippen LogP contribution is -2.26. The average Bonchev–Trinajstić information content (AvgIpc) is 2.95. The Bertz CT molecular complexity index is 591. The first-order chi connectivity index (χ1) is 10.5. The smallest absolute Gasteiger partial charge is 0.241 e. The maximum Gasteiger partial charge on any atom is 0.241 e. The Kier molecular flexibility index (Phi) is 6.76. The summed E-state index contributed by atoms with van der Waals surface area (Å²) in [6.45, 7) is 2.07. The molecule has 8 heteroatoms. The molecule has 1 atom stereocenters. The number of nitrogens with one attached hydrogen (secondary N) is 1. The Labute approximate surface area is 138 Å². The molecule has 0 amide bonds. The van der Waals surface area contributed by atoms with Gasteiger partial charge in [-0.15, -0.1) is 0 Å². The molecular formula is C14H19BrFNO4S. The van der Waals surface area contributed by atoms with Gasteiger partial charge in [0, 0.05) is 24.2 Å². The Morgan fingerprint density at radius 1 is 1.45 bits per heavy atom. The maximum atomic E-state index is 13.0. The quantitative estimate of drug-likeness (QED) is 0.686. The van der Waals surface area contributed by atoms with E-state index in [0.29, 0.717) is 19.6 Å². The molecule has 124 valence electrons. The van der Waals surface area contributed by atoms with E-state index in [2.05, 4.69) is 20.7 Å². The summed E-state index contributed by atoms with van der Waals surface area (Å²) in [6.07, 6.45) is 2.82. The fraction of sp³-hybridized carbons (Fsp3) is 0.571. The molecule has 0 radical (unpaired) electrons. The molecule has 0 aliphatic carbocycles. The largest absolute Gasteiger partial charge is 0.379 e. The van der Waals surface area contributed by atoms with Gasteiger partial charge in [-0.3, -0.25) is 0 Å². The minimum Gasteiger partial charge on any atom is -0.379 e. The van der Waals surface area contributed by atoms with E-state index in [-0.39, 0.29) is 22.0 Å². The summed E-state index contributed by atoms with van der Waals surface area (Å²) in [6, 6.07) is 3.47. The van der Waals surface area contributed by atoms with Gasteiger partial charge < -0.3 is 9.47 Å². The molecule has 1 aliphatic rings. The zero-order valence-corrected chi connectivity index (χ0v) is 14.5. The predicted molar refractivity (Wildman–Crippen MR) is 83.7 cm³/mol. The summed E-state index contributed by atoms with van der Waals surface area (Å²) in [5.41, 5.74) is 0. The minimum atomic E-state index is -3.65. The van der Waals surface area contributed by atoms with E-state index in [0.717, 1.165) is 31.6 Å². The Balaban J connectivity index is 1.71. The number of hydrogen-bond donors (Lipinski definition) is 1. The number of rotatable bonds is 8. The molecular weight excluding hydrogens is 377 g/mol. The van der Waals surface area contributed by atoms with E-state index in [4.69, 9.17) is 9.47 Å². The molecule has 0 aromatic heterocycles. The van der Waals surface area contributed by atoms with E-state index in [1.165, 1.54) is 6.07 Å².